The zero-order valence-corrected chi connectivity index (χ0v) is 8.16. The van der Waals surface area contributed by atoms with Crippen molar-refractivity contribution in [1.82, 2.24) is 0 Å². The third-order valence-electron chi connectivity index (χ3n) is 3.25. The third-order valence-corrected chi connectivity index (χ3v) is 3.25. The Morgan fingerprint density at radius 2 is 2.31 bits per heavy atom. The molecule has 0 aromatic rings. The molecule has 3 atom stereocenters. The summed E-state index contributed by atoms with van der Waals surface area (Å²) in [6.07, 6.45) is 4.53. The first-order valence-corrected chi connectivity index (χ1v) is 5.19. The van der Waals surface area contributed by atoms with Crippen molar-refractivity contribution in [2.45, 2.75) is 44.5 Å². The molecule has 1 heterocycles. The van der Waals surface area contributed by atoms with Crippen LogP contribution >= 0.6 is 0 Å². The molecule has 1 saturated carbocycles. The van der Waals surface area contributed by atoms with Crippen molar-refractivity contribution in [1.29, 1.82) is 0 Å². The van der Waals surface area contributed by atoms with Crippen LogP contribution in [0.4, 0.5) is 0 Å². The maximum absolute atomic E-state index is 8.96. The molecule has 1 aliphatic heterocycles. The van der Waals surface area contributed by atoms with Gasteiger partial charge in [-0.05, 0) is 12.8 Å². The molecule has 0 bridgehead atoms. The van der Waals surface area contributed by atoms with Crippen LogP contribution in [0.5, 0.6) is 0 Å². The lowest BCUT2D eigenvalue weighted by Crippen LogP contribution is -2.41. The minimum absolute atomic E-state index is 0.0778. The predicted octanol–water partition coefficient (Wildman–Crippen LogP) is 1.30. The number of aliphatic hydroxyl groups excluding tert-OH is 1. The molecule has 3 nitrogen and oxygen atoms in total. The highest BCUT2D eigenvalue weighted by atomic mass is 16.7. The number of aliphatic hydroxyl groups is 1. The van der Waals surface area contributed by atoms with E-state index < -0.39 is 0 Å². The first-order valence-electron chi connectivity index (χ1n) is 5.19. The molecule has 0 aromatic carbocycles. The Morgan fingerprint density at radius 1 is 1.46 bits per heavy atom. The fraction of sp³-hybridized carbons (Fsp3) is 1.00. The second-order valence-corrected chi connectivity index (χ2v) is 4.19. The van der Waals surface area contributed by atoms with Gasteiger partial charge in [-0.1, -0.05) is 13.3 Å². The molecule has 2 rings (SSSR count). The molecule has 1 aliphatic carbocycles. The Bertz CT molecular complexity index is 183. The molecular weight excluding hydrogens is 168 g/mol. The van der Waals surface area contributed by atoms with E-state index in [0.717, 1.165) is 6.42 Å². The number of ether oxygens (including phenoxy) is 2. The van der Waals surface area contributed by atoms with Crippen molar-refractivity contribution in [3.05, 3.63) is 0 Å². The SMILES string of the molecule is C[C@@H]1CCCC[C@@]12OC[C@H](CO)O2. The van der Waals surface area contributed by atoms with Gasteiger partial charge >= 0.3 is 0 Å². The Morgan fingerprint density at radius 3 is 2.92 bits per heavy atom. The maximum atomic E-state index is 8.96. The summed E-state index contributed by atoms with van der Waals surface area (Å²) in [5.41, 5.74) is 0. The van der Waals surface area contributed by atoms with E-state index in [2.05, 4.69) is 6.92 Å². The van der Waals surface area contributed by atoms with E-state index in [-0.39, 0.29) is 18.5 Å². The summed E-state index contributed by atoms with van der Waals surface area (Å²) in [6, 6.07) is 0. The highest BCUT2D eigenvalue weighted by Crippen LogP contribution is 2.41. The van der Waals surface area contributed by atoms with Crippen molar-refractivity contribution < 1.29 is 14.6 Å². The van der Waals surface area contributed by atoms with Crippen LogP contribution in [0, 0.1) is 5.92 Å². The first kappa shape index (κ1) is 9.44. The average molecular weight is 186 g/mol. The quantitative estimate of drug-likeness (QED) is 0.671. The molecule has 3 heteroatoms. The molecule has 1 N–H and O–H groups in total. The van der Waals surface area contributed by atoms with Crippen molar-refractivity contribution in [3.8, 4) is 0 Å². The monoisotopic (exact) mass is 186 g/mol. The summed E-state index contributed by atoms with van der Waals surface area (Å²) in [7, 11) is 0. The Kier molecular flexibility index (Phi) is 2.58. The van der Waals surface area contributed by atoms with Crippen LogP contribution in [0.25, 0.3) is 0 Å². The molecular formula is C10H18O3. The molecule has 13 heavy (non-hydrogen) atoms. The maximum Gasteiger partial charge on any atom is 0.171 e. The third kappa shape index (κ3) is 1.60. The van der Waals surface area contributed by atoms with Gasteiger partial charge in [0.1, 0.15) is 6.10 Å². The van der Waals surface area contributed by atoms with Crippen molar-refractivity contribution in [3.63, 3.8) is 0 Å². The molecule has 0 aromatic heterocycles. The van der Waals surface area contributed by atoms with Gasteiger partial charge in [0.15, 0.2) is 5.79 Å². The van der Waals surface area contributed by atoms with Crippen LogP contribution in [0.2, 0.25) is 0 Å². The van der Waals surface area contributed by atoms with E-state index in [1.54, 1.807) is 0 Å². The minimum Gasteiger partial charge on any atom is -0.394 e. The highest BCUT2D eigenvalue weighted by Gasteiger charge is 2.46. The lowest BCUT2D eigenvalue weighted by Gasteiger charge is -2.37. The van der Waals surface area contributed by atoms with Gasteiger partial charge in [-0.15, -0.1) is 0 Å². The summed E-state index contributed by atoms with van der Waals surface area (Å²) in [4.78, 5) is 0. The van der Waals surface area contributed by atoms with Gasteiger partial charge in [-0.3, -0.25) is 0 Å². The van der Waals surface area contributed by atoms with Crippen molar-refractivity contribution in [2.75, 3.05) is 13.2 Å². The molecule has 0 radical (unpaired) electrons. The fourth-order valence-electron chi connectivity index (χ4n) is 2.35. The van der Waals surface area contributed by atoms with Gasteiger partial charge in [0.05, 0.1) is 13.2 Å². The molecule has 2 aliphatic rings. The second kappa shape index (κ2) is 3.56. The van der Waals surface area contributed by atoms with E-state index in [4.69, 9.17) is 14.6 Å². The minimum atomic E-state index is -0.356. The van der Waals surface area contributed by atoms with Gasteiger partial charge in [0, 0.05) is 12.3 Å². The molecule has 2 fully saturated rings. The lowest BCUT2D eigenvalue weighted by molar-refractivity contribution is -0.219. The van der Waals surface area contributed by atoms with Crippen molar-refractivity contribution in [2.24, 2.45) is 5.92 Å². The van der Waals surface area contributed by atoms with E-state index in [1.807, 2.05) is 0 Å². The molecule has 0 amide bonds. The van der Waals surface area contributed by atoms with E-state index in [9.17, 15) is 0 Å². The zero-order valence-electron chi connectivity index (χ0n) is 8.16. The number of hydrogen-bond acceptors (Lipinski definition) is 3. The van der Waals surface area contributed by atoms with Gasteiger partial charge < -0.3 is 14.6 Å². The van der Waals surface area contributed by atoms with Crippen LogP contribution in [0.15, 0.2) is 0 Å². The average Bonchev–Trinajstić information content (AvgIpc) is 2.56. The summed E-state index contributed by atoms with van der Waals surface area (Å²) in [6.45, 7) is 2.81. The molecule has 1 saturated heterocycles. The number of rotatable bonds is 1. The second-order valence-electron chi connectivity index (χ2n) is 4.19. The van der Waals surface area contributed by atoms with Crippen LogP contribution in [0.3, 0.4) is 0 Å². The highest BCUT2D eigenvalue weighted by molar-refractivity contribution is 4.86. The predicted molar refractivity (Wildman–Crippen MR) is 48.3 cm³/mol. The summed E-state index contributed by atoms with van der Waals surface area (Å²) >= 11 is 0. The summed E-state index contributed by atoms with van der Waals surface area (Å²) in [5.74, 6) is 0.115. The van der Waals surface area contributed by atoms with Crippen molar-refractivity contribution >= 4 is 0 Å². The largest absolute Gasteiger partial charge is 0.394 e. The van der Waals surface area contributed by atoms with Crippen LogP contribution < -0.4 is 0 Å². The van der Waals surface area contributed by atoms with E-state index >= 15 is 0 Å². The Labute approximate surface area is 79.0 Å². The fourth-order valence-corrected chi connectivity index (χ4v) is 2.35. The van der Waals surface area contributed by atoms with Crippen LogP contribution in [-0.4, -0.2) is 30.2 Å². The normalized spacial score (nSPS) is 45.7. The van der Waals surface area contributed by atoms with Gasteiger partial charge in [-0.25, -0.2) is 0 Å². The van der Waals surface area contributed by atoms with E-state index in [0.29, 0.717) is 12.5 Å². The van der Waals surface area contributed by atoms with Gasteiger partial charge in [-0.2, -0.15) is 0 Å². The lowest BCUT2D eigenvalue weighted by atomic mass is 9.84. The summed E-state index contributed by atoms with van der Waals surface area (Å²) in [5, 5.41) is 8.96. The Hall–Kier alpha value is -0.120. The topological polar surface area (TPSA) is 38.7 Å². The van der Waals surface area contributed by atoms with Gasteiger partial charge in [0.25, 0.3) is 0 Å². The molecule has 1 spiro atoms. The Balaban J connectivity index is 2.03. The van der Waals surface area contributed by atoms with Crippen LogP contribution in [0.1, 0.15) is 32.6 Å². The smallest absolute Gasteiger partial charge is 0.171 e. The van der Waals surface area contributed by atoms with Crippen LogP contribution in [-0.2, 0) is 9.47 Å². The number of hydrogen-bond donors (Lipinski definition) is 1. The zero-order chi connectivity index (χ0) is 9.31. The first-order chi connectivity index (χ1) is 6.27. The van der Waals surface area contributed by atoms with Gasteiger partial charge in [0.2, 0.25) is 0 Å². The molecule has 0 unspecified atom stereocenters. The molecule has 76 valence electrons. The van der Waals surface area contributed by atoms with E-state index in [1.165, 1.54) is 19.3 Å². The standard InChI is InChI=1S/C10H18O3/c1-8-4-2-3-5-10(8)12-7-9(6-11)13-10/h8-9,11H,2-7H2,1H3/t8-,9+,10+/m1/s1. The summed E-state index contributed by atoms with van der Waals surface area (Å²) < 4.78 is 11.5.